The third kappa shape index (κ3) is 5.05. The predicted octanol–water partition coefficient (Wildman–Crippen LogP) is 2.57. The van der Waals surface area contributed by atoms with Gasteiger partial charge in [0, 0.05) is 43.1 Å². The Labute approximate surface area is 209 Å². The average molecular weight is 482 g/mol. The van der Waals surface area contributed by atoms with Gasteiger partial charge in [-0.25, -0.2) is 14.6 Å². The van der Waals surface area contributed by atoms with Crippen molar-refractivity contribution in [3.05, 3.63) is 67.0 Å². The quantitative estimate of drug-likeness (QED) is 0.424. The average Bonchev–Trinajstić information content (AvgIpc) is 3.33. The maximum atomic E-state index is 10.3. The fourth-order valence-corrected chi connectivity index (χ4v) is 4.34. The Bertz CT molecular complexity index is 1390. The molecule has 1 saturated heterocycles. The third-order valence-corrected chi connectivity index (χ3v) is 6.28. The second-order valence-corrected chi connectivity index (χ2v) is 8.63. The summed E-state index contributed by atoms with van der Waals surface area (Å²) < 4.78 is 1.67. The van der Waals surface area contributed by atoms with Crippen LogP contribution in [-0.2, 0) is 6.54 Å². The minimum Gasteiger partial charge on any atom is -0.507 e. The number of benzene rings is 1. The zero-order valence-electron chi connectivity index (χ0n) is 20.0. The molecule has 5 rings (SSSR count). The first-order chi connectivity index (χ1) is 17.6. The van der Waals surface area contributed by atoms with E-state index < -0.39 is 0 Å². The van der Waals surface area contributed by atoms with Crippen LogP contribution in [-0.4, -0.2) is 60.7 Å². The summed E-state index contributed by atoms with van der Waals surface area (Å²) >= 11 is 0. The molecule has 1 atom stereocenters. The van der Waals surface area contributed by atoms with Crippen LogP contribution in [0.2, 0.25) is 0 Å². The van der Waals surface area contributed by atoms with E-state index in [0.717, 1.165) is 43.1 Å². The number of para-hydroxylation sites is 1. The molecule has 1 fully saturated rings. The van der Waals surface area contributed by atoms with E-state index in [0.29, 0.717) is 29.7 Å². The minimum atomic E-state index is 0.163. The smallest absolute Gasteiger partial charge is 0.169 e. The van der Waals surface area contributed by atoms with Gasteiger partial charge in [-0.1, -0.05) is 18.1 Å². The van der Waals surface area contributed by atoms with E-state index in [9.17, 15) is 5.11 Å². The first-order valence-corrected chi connectivity index (χ1v) is 11.8. The molecule has 0 amide bonds. The molecule has 0 spiro atoms. The molecule has 10 nitrogen and oxygen atoms in total. The van der Waals surface area contributed by atoms with Crippen LogP contribution in [0.1, 0.15) is 19.0 Å². The second-order valence-electron chi connectivity index (χ2n) is 8.63. The molecule has 0 aliphatic carbocycles. The van der Waals surface area contributed by atoms with E-state index in [4.69, 9.17) is 5.73 Å². The summed E-state index contributed by atoms with van der Waals surface area (Å²) in [7, 11) is 0. The Morgan fingerprint density at radius 1 is 1.11 bits per heavy atom. The first kappa shape index (κ1) is 23.1. The van der Waals surface area contributed by atoms with Gasteiger partial charge >= 0.3 is 0 Å². The molecule has 10 heteroatoms. The van der Waals surface area contributed by atoms with E-state index in [1.807, 2.05) is 30.3 Å². The van der Waals surface area contributed by atoms with Crippen molar-refractivity contribution >= 4 is 17.2 Å². The summed E-state index contributed by atoms with van der Waals surface area (Å²) in [6.45, 7) is 5.07. The maximum absolute atomic E-state index is 10.3. The highest BCUT2D eigenvalue weighted by Crippen LogP contribution is 2.32. The van der Waals surface area contributed by atoms with Gasteiger partial charge in [0.05, 0.1) is 11.4 Å². The minimum absolute atomic E-state index is 0.163. The van der Waals surface area contributed by atoms with Crippen LogP contribution in [0.15, 0.2) is 61.3 Å². The molecule has 0 saturated carbocycles. The van der Waals surface area contributed by atoms with Crippen molar-refractivity contribution in [3.63, 3.8) is 0 Å². The summed E-state index contributed by atoms with van der Waals surface area (Å²) in [5, 5.41) is 22.7. The van der Waals surface area contributed by atoms with Crippen LogP contribution < -0.4 is 15.5 Å². The number of anilines is 3. The number of aromatic hydroxyl groups is 1. The molecule has 3 aromatic heterocycles. The number of hydrogen-bond acceptors (Lipinski definition) is 9. The topological polar surface area (TPSA) is 122 Å². The van der Waals surface area contributed by atoms with Crippen molar-refractivity contribution in [2.24, 2.45) is 0 Å². The second kappa shape index (κ2) is 10.3. The van der Waals surface area contributed by atoms with Gasteiger partial charge in [-0.3, -0.25) is 0 Å². The Kier molecular flexibility index (Phi) is 6.62. The molecular weight excluding hydrogens is 454 g/mol. The fraction of sp³-hybridized carbons (Fsp3) is 0.269. The van der Waals surface area contributed by atoms with Crippen LogP contribution in [0.25, 0.3) is 11.3 Å². The third-order valence-electron chi connectivity index (χ3n) is 6.28. The Hall–Kier alpha value is -4.65. The summed E-state index contributed by atoms with van der Waals surface area (Å²) in [6.07, 6.45) is 5.86. The van der Waals surface area contributed by atoms with Gasteiger partial charge in [-0.15, -0.1) is 10.2 Å². The number of phenols is 1. The molecule has 4 aromatic rings. The van der Waals surface area contributed by atoms with Crippen LogP contribution >= 0.6 is 0 Å². The zero-order chi connectivity index (χ0) is 24.9. The number of nitrogens with zero attached hydrogens (tertiary/aromatic N) is 8. The highest BCUT2D eigenvalue weighted by Gasteiger charge is 2.24. The number of nitrogen functional groups attached to an aromatic ring is 1. The molecule has 1 aliphatic rings. The molecule has 1 aliphatic heterocycles. The van der Waals surface area contributed by atoms with Gasteiger partial charge in [0.15, 0.2) is 5.82 Å². The van der Waals surface area contributed by atoms with Crippen molar-refractivity contribution in [2.75, 3.05) is 35.2 Å². The maximum Gasteiger partial charge on any atom is 0.169 e. The van der Waals surface area contributed by atoms with Crippen LogP contribution in [0.4, 0.5) is 17.2 Å². The lowest BCUT2D eigenvalue weighted by Gasteiger charge is -2.29. The van der Waals surface area contributed by atoms with E-state index in [1.165, 1.54) is 6.33 Å². The van der Waals surface area contributed by atoms with Gasteiger partial charge in [-0.05, 0) is 49.6 Å². The number of nitrogens with two attached hydrogens (primary N) is 1. The standard InChI is InChI=1S/C26H27N9O/c1-19-9-12-33(24-16-23(31-32-26(24)27)22-6-2-3-7-25(22)36)13-14-35(19)21-8-10-29-20(15-21)5-4-11-34-18-28-17-30-34/h2-3,6-8,10,15-19,36H,9,11-14H2,1H3,(H2,27,32)/t19-/m0/s1. The van der Waals surface area contributed by atoms with Crippen LogP contribution in [0.3, 0.4) is 0 Å². The van der Waals surface area contributed by atoms with E-state index in [-0.39, 0.29) is 5.75 Å². The lowest BCUT2D eigenvalue weighted by atomic mass is 10.1. The van der Waals surface area contributed by atoms with Crippen LogP contribution in [0.5, 0.6) is 5.75 Å². The first-order valence-electron chi connectivity index (χ1n) is 11.8. The molecule has 36 heavy (non-hydrogen) atoms. The Balaban J connectivity index is 1.33. The summed E-state index contributed by atoms with van der Waals surface area (Å²) in [5.41, 5.74) is 10.1. The summed E-state index contributed by atoms with van der Waals surface area (Å²) in [4.78, 5) is 13.0. The van der Waals surface area contributed by atoms with E-state index in [1.54, 1.807) is 29.3 Å². The number of hydrogen-bond donors (Lipinski definition) is 2. The fourth-order valence-electron chi connectivity index (χ4n) is 4.34. The number of rotatable bonds is 4. The summed E-state index contributed by atoms with van der Waals surface area (Å²) in [6, 6.07) is 13.4. The molecular formula is C26H27N9O. The number of phenolic OH excluding ortho intramolecular Hbond substituents is 1. The highest BCUT2D eigenvalue weighted by atomic mass is 16.3. The summed E-state index contributed by atoms with van der Waals surface area (Å²) in [5.74, 6) is 6.76. The molecule has 4 heterocycles. The van der Waals surface area contributed by atoms with Gasteiger partial charge < -0.3 is 20.6 Å². The van der Waals surface area contributed by atoms with Gasteiger partial charge in [0.25, 0.3) is 0 Å². The van der Waals surface area contributed by atoms with E-state index in [2.05, 4.69) is 53.8 Å². The van der Waals surface area contributed by atoms with Crippen molar-refractivity contribution in [1.29, 1.82) is 0 Å². The van der Waals surface area contributed by atoms with Gasteiger partial charge in [0.1, 0.15) is 30.6 Å². The molecule has 0 radical (unpaired) electrons. The van der Waals surface area contributed by atoms with Crippen molar-refractivity contribution < 1.29 is 5.11 Å². The molecule has 0 bridgehead atoms. The Morgan fingerprint density at radius 2 is 2.00 bits per heavy atom. The number of pyridine rings is 1. The van der Waals surface area contributed by atoms with Crippen molar-refractivity contribution in [3.8, 4) is 28.8 Å². The molecule has 1 aromatic carbocycles. The lowest BCUT2D eigenvalue weighted by molar-refractivity contribution is 0.477. The van der Waals surface area contributed by atoms with Crippen molar-refractivity contribution in [2.45, 2.75) is 25.9 Å². The lowest BCUT2D eigenvalue weighted by Crippen LogP contribution is -2.35. The van der Waals surface area contributed by atoms with Gasteiger partial charge in [0.2, 0.25) is 0 Å². The van der Waals surface area contributed by atoms with Crippen molar-refractivity contribution in [1.82, 2.24) is 29.9 Å². The zero-order valence-corrected chi connectivity index (χ0v) is 20.0. The molecule has 182 valence electrons. The SMILES string of the molecule is C[C@H]1CCN(c2cc(-c3ccccc3O)nnc2N)CCN1c1ccnc(C#CCn2cncn2)c1. The highest BCUT2D eigenvalue weighted by molar-refractivity contribution is 5.74. The largest absolute Gasteiger partial charge is 0.507 e. The molecule has 0 unspecified atom stereocenters. The Morgan fingerprint density at radius 3 is 2.83 bits per heavy atom. The van der Waals surface area contributed by atoms with Gasteiger partial charge in [-0.2, -0.15) is 5.10 Å². The number of aromatic nitrogens is 6. The normalized spacial score (nSPS) is 15.8. The monoisotopic (exact) mass is 481 g/mol. The van der Waals surface area contributed by atoms with Crippen LogP contribution in [0, 0.1) is 11.8 Å². The van der Waals surface area contributed by atoms with E-state index >= 15 is 0 Å². The predicted molar refractivity (Wildman–Crippen MR) is 138 cm³/mol. The molecule has 3 N–H and O–H groups in total.